The van der Waals surface area contributed by atoms with E-state index in [0.29, 0.717) is 19.4 Å². The van der Waals surface area contributed by atoms with Gasteiger partial charge in [-0.25, -0.2) is 4.79 Å². The average Bonchev–Trinajstić information content (AvgIpc) is 2.93. The molecule has 84 valence electrons. The van der Waals surface area contributed by atoms with E-state index in [1.807, 2.05) is 0 Å². The molecule has 1 aliphatic rings. The van der Waals surface area contributed by atoms with Gasteiger partial charge in [0.15, 0.2) is 0 Å². The molecule has 0 aromatic carbocycles. The maximum atomic E-state index is 10.7. The molecule has 0 saturated carbocycles. The number of hydrogen-bond donors (Lipinski definition) is 3. The number of nitrogens with one attached hydrogen (secondary N) is 1. The van der Waals surface area contributed by atoms with E-state index in [1.165, 1.54) is 6.20 Å². The van der Waals surface area contributed by atoms with E-state index in [2.05, 4.69) is 5.32 Å². The number of hydrogen-bond acceptors (Lipinski definition) is 4. The van der Waals surface area contributed by atoms with Gasteiger partial charge in [0.25, 0.3) is 0 Å². The first-order chi connectivity index (χ1) is 7.09. The van der Waals surface area contributed by atoms with Crippen molar-refractivity contribution in [2.24, 2.45) is 0 Å². The molecule has 6 nitrogen and oxygen atoms in total. The van der Waals surface area contributed by atoms with Crippen molar-refractivity contribution in [3.8, 4) is 0 Å². The van der Waals surface area contributed by atoms with Crippen LogP contribution in [0, 0.1) is 0 Å². The summed E-state index contributed by atoms with van der Waals surface area (Å²) in [6, 6.07) is 0. The lowest BCUT2D eigenvalue weighted by molar-refractivity contribution is -0.136. The Bertz CT molecular complexity index is 282. The minimum absolute atomic E-state index is 0.173. The molecular formula is C9H13NO5. The van der Waals surface area contributed by atoms with Gasteiger partial charge in [-0.1, -0.05) is 0 Å². The lowest BCUT2D eigenvalue weighted by Gasteiger charge is -2.01. The van der Waals surface area contributed by atoms with Crippen LogP contribution in [0.4, 0.5) is 0 Å². The van der Waals surface area contributed by atoms with Crippen molar-refractivity contribution >= 4 is 11.9 Å². The first kappa shape index (κ1) is 11.5. The molecule has 1 atom stereocenters. The van der Waals surface area contributed by atoms with Crippen LogP contribution in [0.1, 0.15) is 12.8 Å². The first-order valence-corrected chi connectivity index (χ1v) is 4.58. The van der Waals surface area contributed by atoms with Gasteiger partial charge in [-0.2, -0.15) is 0 Å². The van der Waals surface area contributed by atoms with Gasteiger partial charge in [-0.3, -0.25) is 4.79 Å². The zero-order valence-corrected chi connectivity index (χ0v) is 8.10. The largest absolute Gasteiger partial charge is 0.480 e. The summed E-state index contributed by atoms with van der Waals surface area (Å²) in [5, 5.41) is 19.5. The van der Waals surface area contributed by atoms with E-state index in [-0.39, 0.29) is 18.2 Å². The molecular weight excluding hydrogens is 202 g/mol. The minimum Gasteiger partial charge on any atom is -0.480 e. The molecule has 3 N–H and O–H groups in total. The Kier molecular flexibility index (Phi) is 4.11. The number of carbonyl (C=O) groups is 2. The molecule has 1 unspecified atom stereocenters. The molecule has 1 heterocycles. The Hall–Kier alpha value is -1.56. The Morgan fingerprint density at radius 1 is 1.47 bits per heavy atom. The molecule has 0 amide bonds. The van der Waals surface area contributed by atoms with Crippen molar-refractivity contribution in [1.82, 2.24) is 5.32 Å². The van der Waals surface area contributed by atoms with E-state index in [1.54, 1.807) is 0 Å². The standard InChI is InChI=1S/C9H13NO5/c11-8(12)4-10-3-6(9(13)14)1-2-7-5-15-7/h3,7,10H,1-2,4-5H2,(H,11,12)(H,13,14). The van der Waals surface area contributed by atoms with Gasteiger partial charge in [0.05, 0.1) is 18.3 Å². The van der Waals surface area contributed by atoms with Crippen molar-refractivity contribution in [2.75, 3.05) is 13.2 Å². The second kappa shape index (κ2) is 5.35. The van der Waals surface area contributed by atoms with Crippen molar-refractivity contribution in [3.05, 3.63) is 11.8 Å². The van der Waals surface area contributed by atoms with Crippen LogP contribution >= 0.6 is 0 Å². The summed E-state index contributed by atoms with van der Waals surface area (Å²) in [5.41, 5.74) is 0.173. The Labute approximate surface area is 86.5 Å². The highest BCUT2D eigenvalue weighted by Gasteiger charge is 2.23. The molecule has 1 rings (SSSR count). The number of epoxide rings is 1. The summed E-state index contributed by atoms with van der Waals surface area (Å²) >= 11 is 0. The molecule has 0 aliphatic carbocycles. The molecule has 1 fully saturated rings. The molecule has 0 radical (unpaired) electrons. The van der Waals surface area contributed by atoms with E-state index in [4.69, 9.17) is 14.9 Å². The third-order valence-electron chi connectivity index (χ3n) is 1.94. The Morgan fingerprint density at radius 3 is 2.60 bits per heavy atom. The van der Waals surface area contributed by atoms with Crippen molar-refractivity contribution < 1.29 is 24.5 Å². The normalized spacial score (nSPS) is 19.7. The van der Waals surface area contributed by atoms with E-state index in [9.17, 15) is 9.59 Å². The highest BCUT2D eigenvalue weighted by Crippen LogP contribution is 2.18. The zero-order chi connectivity index (χ0) is 11.3. The monoisotopic (exact) mass is 215 g/mol. The zero-order valence-electron chi connectivity index (χ0n) is 8.10. The van der Waals surface area contributed by atoms with Crippen LogP contribution in [0.3, 0.4) is 0 Å². The summed E-state index contributed by atoms with van der Waals surface area (Å²) in [6.07, 6.45) is 2.45. The van der Waals surface area contributed by atoms with Gasteiger partial charge in [0, 0.05) is 6.20 Å². The van der Waals surface area contributed by atoms with Gasteiger partial charge >= 0.3 is 11.9 Å². The summed E-state index contributed by atoms with van der Waals surface area (Å²) in [5.74, 6) is -2.06. The molecule has 0 spiro atoms. The Morgan fingerprint density at radius 2 is 2.13 bits per heavy atom. The van der Waals surface area contributed by atoms with Crippen LogP contribution in [-0.4, -0.2) is 41.4 Å². The maximum absolute atomic E-state index is 10.7. The summed E-state index contributed by atoms with van der Waals surface area (Å²) in [4.78, 5) is 20.9. The summed E-state index contributed by atoms with van der Waals surface area (Å²) in [7, 11) is 0. The van der Waals surface area contributed by atoms with Gasteiger partial charge in [0.1, 0.15) is 6.54 Å². The SMILES string of the molecule is O=C(O)CNC=C(CCC1CO1)C(=O)O. The molecule has 0 aromatic rings. The fraction of sp³-hybridized carbons (Fsp3) is 0.556. The minimum atomic E-state index is -1.03. The fourth-order valence-corrected chi connectivity index (χ4v) is 1.05. The Balaban J connectivity index is 2.33. The highest BCUT2D eigenvalue weighted by atomic mass is 16.6. The average molecular weight is 215 g/mol. The van der Waals surface area contributed by atoms with E-state index < -0.39 is 11.9 Å². The third kappa shape index (κ3) is 5.02. The van der Waals surface area contributed by atoms with Crippen molar-refractivity contribution in [1.29, 1.82) is 0 Å². The summed E-state index contributed by atoms with van der Waals surface area (Å²) < 4.78 is 4.95. The van der Waals surface area contributed by atoms with E-state index >= 15 is 0 Å². The number of carboxylic acid groups (broad SMARTS) is 2. The quantitative estimate of drug-likeness (QED) is 0.402. The van der Waals surface area contributed by atoms with Crippen LogP contribution in [0.15, 0.2) is 11.8 Å². The van der Waals surface area contributed by atoms with E-state index in [0.717, 1.165) is 0 Å². The smallest absolute Gasteiger partial charge is 0.333 e. The molecule has 15 heavy (non-hydrogen) atoms. The number of aliphatic carboxylic acids is 2. The molecule has 1 saturated heterocycles. The van der Waals surface area contributed by atoms with Gasteiger partial charge in [0.2, 0.25) is 0 Å². The van der Waals surface area contributed by atoms with Crippen molar-refractivity contribution in [2.45, 2.75) is 18.9 Å². The van der Waals surface area contributed by atoms with Gasteiger partial charge < -0.3 is 20.3 Å². The molecule has 6 heteroatoms. The third-order valence-corrected chi connectivity index (χ3v) is 1.94. The fourth-order valence-electron chi connectivity index (χ4n) is 1.05. The maximum Gasteiger partial charge on any atom is 0.333 e. The number of carboxylic acids is 2. The lowest BCUT2D eigenvalue weighted by Crippen LogP contribution is -2.18. The predicted molar refractivity (Wildman–Crippen MR) is 50.3 cm³/mol. The lowest BCUT2D eigenvalue weighted by atomic mass is 10.1. The second-order valence-electron chi connectivity index (χ2n) is 3.24. The van der Waals surface area contributed by atoms with Crippen LogP contribution in [0.25, 0.3) is 0 Å². The highest BCUT2D eigenvalue weighted by molar-refractivity contribution is 5.86. The van der Waals surface area contributed by atoms with Crippen LogP contribution in [0.5, 0.6) is 0 Å². The molecule has 0 bridgehead atoms. The van der Waals surface area contributed by atoms with Gasteiger partial charge in [-0.05, 0) is 12.8 Å². The second-order valence-corrected chi connectivity index (χ2v) is 3.24. The van der Waals surface area contributed by atoms with Crippen LogP contribution in [-0.2, 0) is 14.3 Å². The van der Waals surface area contributed by atoms with Crippen molar-refractivity contribution in [3.63, 3.8) is 0 Å². The topological polar surface area (TPSA) is 99.2 Å². The molecule has 0 aromatic heterocycles. The molecule has 1 aliphatic heterocycles. The van der Waals surface area contributed by atoms with Crippen LogP contribution in [0.2, 0.25) is 0 Å². The first-order valence-electron chi connectivity index (χ1n) is 4.58. The van der Waals surface area contributed by atoms with Crippen LogP contribution < -0.4 is 5.32 Å². The predicted octanol–water partition coefficient (Wildman–Crippen LogP) is -0.192. The van der Waals surface area contributed by atoms with Gasteiger partial charge in [-0.15, -0.1) is 0 Å². The number of rotatable bonds is 7. The summed E-state index contributed by atoms with van der Waals surface area (Å²) in [6.45, 7) is 0.409. The number of ether oxygens (including phenoxy) is 1.